The summed E-state index contributed by atoms with van der Waals surface area (Å²) in [5.74, 6) is 0. The highest BCUT2D eigenvalue weighted by Gasteiger charge is 2.15. The number of thiophene rings is 1. The predicted octanol–water partition coefficient (Wildman–Crippen LogP) is 7.77. The molecular weight excluding hydrogens is 358 g/mol. The maximum absolute atomic E-state index is 2.41. The average Bonchev–Trinajstić information content (AvgIpc) is 3.22. The molecule has 2 aromatic heterocycles. The Labute approximate surface area is 167 Å². The van der Waals surface area contributed by atoms with Crippen LogP contribution in [0.15, 0.2) is 78.9 Å². The minimum atomic E-state index is 1.21. The van der Waals surface area contributed by atoms with Crippen LogP contribution in [0, 0.1) is 13.8 Å². The summed E-state index contributed by atoms with van der Waals surface area (Å²) < 4.78 is 5.13. The highest BCUT2D eigenvalue weighted by molar-refractivity contribution is 7.25. The third kappa shape index (κ3) is 2.18. The second-order valence-electron chi connectivity index (χ2n) is 7.66. The molecule has 0 N–H and O–H groups in total. The second kappa shape index (κ2) is 5.70. The lowest BCUT2D eigenvalue weighted by molar-refractivity contribution is 1.18. The average molecular weight is 378 g/mol. The Balaban J connectivity index is 1.81. The first kappa shape index (κ1) is 15.9. The molecule has 6 aromatic rings. The molecule has 0 fully saturated rings. The number of aryl methyl sites for hydroxylation is 2. The first-order chi connectivity index (χ1) is 13.7. The number of fused-ring (bicyclic) bond motifs is 6. The fraction of sp³-hybridized carbons (Fsp3) is 0.0769. The van der Waals surface area contributed by atoms with Crippen molar-refractivity contribution in [3.8, 4) is 5.69 Å². The summed E-state index contributed by atoms with van der Waals surface area (Å²) in [5.41, 5.74) is 6.35. The van der Waals surface area contributed by atoms with Gasteiger partial charge in [-0.2, -0.15) is 0 Å². The number of hydrogen-bond donors (Lipinski definition) is 0. The largest absolute Gasteiger partial charge is 0.309 e. The van der Waals surface area contributed by atoms with Crippen molar-refractivity contribution < 1.29 is 0 Å². The predicted molar refractivity (Wildman–Crippen MR) is 123 cm³/mol. The molecule has 0 saturated carbocycles. The maximum Gasteiger partial charge on any atom is 0.0548 e. The van der Waals surface area contributed by atoms with Gasteiger partial charge in [-0.3, -0.25) is 0 Å². The van der Waals surface area contributed by atoms with Gasteiger partial charge in [-0.15, -0.1) is 11.3 Å². The van der Waals surface area contributed by atoms with Gasteiger partial charge in [0.2, 0.25) is 0 Å². The summed E-state index contributed by atoms with van der Waals surface area (Å²) in [6.45, 7) is 4.31. The fourth-order valence-electron chi connectivity index (χ4n) is 4.32. The first-order valence-electron chi connectivity index (χ1n) is 9.62. The molecule has 0 spiro atoms. The Bertz CT molecular complexity index is 1510. The molecule has 2 heteroatoms. The van der Waals surface area contributed by atoms with Gasteiger partial charge < -0.3 is 4.57 Å². The normalized spacial score (nSPS) is 11.9. The van der Waals surface area contributed by atoms with E-state index in [2.05, 4.69) is 97.3 Å². The van der Waals surface area contributed by atoms with Crippen LogP contribution in [-0.2, 0) is 0 Å². The van der Waals surface area contributed by atoms with Crippen LogP contribution in [0.25, 0.3) is 47.7 Å². The molecule has 0 aliphatic carbocycles. The third-order valence-corrected chi connectivity index (χ3v) is 6.84. The van der Waals surface area contributed by atoms with Crippen LogP contribution >= 0.6 is 11.3 Å². The molecule has 2 heterocycles. The van der Waals surface area contributed by atoms with Gasteiger partial charge in [0, 0.05) is 36.6 Å². The SMILES string of the molecule is Cc1ccc(-n2c3ccccc3c3cc4sc5ccc(C)cc5c4cc32)cc1. The number of aromatic nitrogens is 1. The van der Waals surface area contributed by atoms with Gasteiger partial charge in [-0.05, 0) is 56.3 Å². The van der Waals surface area contributed by atoms with E-state index in [1.807, 2.05) is 11.3 Å². The summed E-state index contributed by atoms with van der Waals surface area (Å²) in [5, 5.41) is 5.36. The van der Waals surface area contributed by atoms with E-state index in [0.29, 0.717) is 0 Å². The Morgan fingerprint density at radius 3 is 2.18 bits per heavy atom. The van der Waals surface area contributed by atoms with Gasteiger partial charge in [0.1, 0.15) is 0 Å². The van der Waals surface area contributed by atoms with Crippen LogP contribution in [0.1, 0.15) is 11.1 Å². The van der Waals surface area contributed by atoms with Crippen LogP contribution in [0.2, 0.25) is 0 Å². The standard InChI is InChI=1S/C26H19NS/c1-16-7-10-18(11-8-16)27-23-6-4-3-5-19(23)20-15-26-22(14-24(20)27)21-13-17(2)9-12-25(21)28-26/h3-15H,1-2H3. The summed E-state index contributed by atoms with van der Waals surface area (Å²) in [7, 11) is 0. The number of hydrogen-bond acceptors (Lipinski definition) is 1. The molecular formula is C26H19NS. The lowest BCUT2D eigenvalue weighted by Crippen LogP contribution is -1.93. The van der Waals surface area contributed by atoms with E-state index in [9.17, 15) is 0 Å². The molecule has 0 atom stereocenters. The first-order valence-corrected chi connectivity index (χ1v) is 10.4. The lowest BCUT2D eigenvalue weighted by atomic mass is 10.1. The second-order valence-corrected chi connectivity index (χ2v) is 8.74. The smallest absolute Gasteiger partial charge is 0.0548 e. The van der Waals surface area contributed by atoms with Crippen molar-refractivity contribution in [2.24, 2.45) is 0 Å². The Morgan fingerprint density at radius 1 is 0.571 bits per heavy atom. The molecule has 0 radical (unpaired) electrons. The maximum atomic E-state index is 2.41. The molecule has 0 amide bonds. The monoisotopic (exact) mass is 377 g/mol. The summed E-state index contributed by atoms with van der Waals surface area (Å²) in [6.07, 6.45) is 0. The molecule has 4 aromatic carbocycles. The minimum absolute atomic E-state index is 1.21. The van der Waals surface area contributed by atoms with Crippen molar-refractivity contribution in [1.29, 1.82) is 0 Å². The van der Waals surface area contributed by atoms with E-state index in [1.165, 1.54) is 58.8 Å². The van der Waals surface area contributed by atoms with E-state index >= 15 is 0 Å². The Kier molecular flexibility index (Phi) is 3.24. The van der Waals surface area contributed by atoms with Crippen LogP contribution in [-0.4, -0.2) is 4.57 Å². The quantitative estimate of drug-likeness (QED) is 0.276. The van der Waals surface area contributed by atoms with Crippen molar-refractivity contribution in [2.75, 3.05) is 0 Å². The topological polar surface area (TPSA) is 4.93 Å². The van der Waals surface area contributed by atoms with Crippen molar-refractivity contribution in [1.82, 2.24) is 4.57 Å². The molecule has 0 bridgehead atoms. The summed E-state index contributed by atoms with van der Waals surface area (Å²) >= 11 is 1.89. The van der Waals surface area contributed by atoms with Crippen molar-refractivity contribution in [3.63, 3.8) is 0 Å². The van der Waals surface area contributed by atoms with Crippen LogP contribution < -0.4 is 0 Å². The van der Waals surface area contributed by atoms with E-state index in [4.69, 9.17) is 0 Å². The summed E-state index contributed by atoms with van der Waals surface area (Å²) in [6, 6.07) is 29.1. The molecule has 0 aliphatic rings. The van der Waals surface area contributed by atoms with E-state index in [0.717, 1.165) is 0 Å². The Hall–Kier alpha value is -3.10. The molecule has 0 unspecified atom stereocenters. The zero-order valence-corrected chi connectivity index (χ0v) is 16.7. The van der Waals surface area contributed by atoms with Crippen LogP contribution in [0.4, 0.5) is 0 Å². The van der Waals surface area contributed by atoms with Gasteiger partial charge in [0.15, 0.2) is 0 Å². The van der Waals surface area contributed by atoms with Crippen molar-refractivity contribution in [3.05, 3.63) is 90.0 Å². The van der Waals surface area contributed by atoms with E-state index < -0.39 is 0 Å². The molecule has 28 heavy (non-hydrogen) atoms. The summed E-state index contributed by atoms with van der Waals surface area (Å²) in [4.78, 5) is 0. The van der Waals surface area contributed by atoms with Gasteiger partial charge in [-0.1, -0.05) is 47.5 Å². The number of para-hydroxylation sites is 1. The van der Waals surface area contributed by atoms with Gasteiger partial charge in [-0.25, -0.2) is 0 Å². The number of nitrogens with zero attached hydrogens (tertiary/aromatic N) is 1. The van der Waals surface area contributed by atoms with Gasteiger partial charge >= 0.3 is 0 Å². The molecule has 134 valence electrons. The van der Waals surface area contributed by atoms with Crippen LogP contribution in [0.5, 0.6) is 0 Å². The third-order valence-electron chi connectivity index (χ3n) is 5.71. The number of benzene rings is 4. The fourth-order valence-corrected chi connectivity index (χ4v) is 5.43. The van der Waals surface area contributed by atoms with Crippen molar-refractivity contribution in [2.45, 2.75) is 13.8 Å². The highest BCUT2D eigenvalue weighted by atomic mass is 32.1. The number of rotatable bonds is 1. The zero-order chi connectivity index (χ0) is 18.8. The molecule has 0 aliphatic heterocycles. The van der Waals surface area contributed by atoms with Gasteiger partial charge in [0.25, 0.3) is 0 Å². The highest BCUT2D eigenvalue weighted by Crippen LogP contribution is 2.40. The molecule has 0 saturated heterocycles. The van der Waals surface area contributed by atoms with Crippen molar-refractivity contribution >= 4 is 53.3 Å². The minimum Gasteiger partial charge on any atom is -0.309 e. The van der Waals surface area contributed by atoms with Crippen LogP contribution in [0.3, 0.4) is 0 Å². The molecule has 6 rings (SSSR count). The van der Waals surface area contributed by atoms with Gasteiger partial charge in [0.05, 0.1) is 11.0 Å². The van der Waals surface area contributed by atoms with E-state index in [-0.39, 0.29) is 0 Å². The van der Waals surface area contributed by atoms with E-state index in [1.54, 1.807) is 0 Å². The molecule has 1 nitrogen and oxygen atoms in total. The lowest BCUT2D eigenvalue weighted by Gasteiger charge is -2.08. The zero-order valence-electron chi connectivity index (χ0n) is 15.9. The Morgan fingerprint density at radius 2 is 1.32 bits per heavy atom.